The lowest BCUT2D eigenvalue weighted by Gasteiger charge is -2.13. The highest BCUT2D eigenvalue weighted by Gasteiger charge is 2.13. The molecule has 0 atom stereocenters. The average molecular weight is 374 g/mol. The van der Waals surface area contributed by atoms with E-state index in [1.807, 2.05) is 44.2 Å². The molecule has 0 radical (unpaired) electrons. The minimum absolute atomic E-state index is 0.0744. The minimum Gasteiger partial charge on any atom is -0.359 e. The highest BCUT2D eigenvalue weighted by molar-refractivity contribution is 6.43. The fourth-order valence-electron chi connectivity index (χ4n) is 2.22. The first-order chi connectivity index (χ1) is 11.9. The summed E-state index contributed by atoms with van der Waals surface area (Å²) >= 11 is 12.0. The maximum Gasteiger partial charge on any atom is 0.267 e. The quantitative estimate of drug-likeness (QED) is 0.531. The average Bonchev–Trinajstić information content (AvgIpc) is 2.59. The van der Waals surface area contributed by atoms with Crippen LogP contribution in [0.2, 0.25) is 10.0 Å². The van der Waals surface area contributed by atoms with E-state index in [0.29, 0.717) is 21.4 Å². The normalized spacial score (nSPS) is 11.1. The van der Waals surface area contributed by atoms with Gasteiger partial charge in [-0.25, -0.2) is 0 Å². The van der Waals surface area contributed by atoms with Gasteiger partial charge in [-0.15, -0.1) is 0 Å². The molecular weight excluding hydrogens is 357 g/mol. The van der Waals surface area contributed by atoms with Crippen molar-refractivity contribution in [3.8, 4) is 6.07 Å². The second kappa shape index (κ2) is 8.57. The summed E-state index contributed by atoms with van der Waals surface area (Å²) < 4.78 is 0. The van der Waals surface area contributed by atoms with Crippen molar-refractivity contribution in [1.82, 2.24) is 0 Å². The lowest BCUT2D eigenvalue weighted by atomic mass is 10.0. The molecule has 0 aromatic heterocycles. The Bertz CT molecular complexity index is 854. The van der Waals surface area contributed by atoms with Gasteiger partial charge in [-0.05, 0) is 29.7 Å². The molecule has 1 amide bonds. The zero-order valence-electron chi connectivity index (χ0n) is 13.8. The zero-order chi connectivity index (χ0) is 18.4. The van der Waals surface area contributed by atoms with Crippen molar-refractivity contribution in [3.63, 3.8) is 0 Å². The number of para-hydroxylation sites is 1. The number of carbonyl (C=O) groups excluding carboxylic acids is 1. The van der Waals surface area contributed by atoms with Crippen molar-refractivity contribution in [2.45, 2.75) is 19.8 Å². The number of amides is 1. The van der Waals surface area contributed by atoms with E-state index in [2.05, 4.69) is 10.6 Å². The first-order valence-electron chi connectivity index (χ1n) is 7.65. The minimum atomic E-state index is -0.499. The van der Waals surface area contributed by atoms with E-state index in [1.165, 1.54) is 6.20 Å². The molecule has 2 aromatic rings. The van der Waals surface area contributed by atoms with Crippen LogP contribution in [0.5, 0.6) is 0 Å². The summed E-state index contributed by atoms with van der Waals surface area (Å²) in [4.78, 5) is 12.4. The molecule has 6 heteroatoms. The number of nitriles is 1. The van der Waals surface area contributed by atoms with Gasteiger partial charge in [0.2, 0.25) is 0 Å². The van der Waals surface area contributed by atoms with E-state index < -0.39 is 5.91 Å². The molecule has 0 fully saturated rings. The number of halogens is 2. The maximum atomic E-state index is 12.4. The van der Waals surface area contributed by atoms with Crippen LogP contribution in [0.15, 0.2) is 54.2 Å². The van der Waals surface area contributed by atoms with Crippen molar-refractivity contribution in [1.29, 1.82) is 5.26 Å². The van der Waals surface area contributed by atoms with Crippen LogP contribution in [0.25, 0.3) is 0 Å². The van der Waals surface area contributed by atoms with Crippen molar-refractivity contribution in [3.05, 3.63) is 69.8 Å². The van der Waals surface area contributed by atoms with Crippen LogP contribution in [0, 0.1) is 11.3 Å². The van der Waals surface area contributed by atoms with Crippen LogP contribution in [-0.4, -0.2) is 5.91 Å². The van der Waals surface area contributed by atoms with Gasteiger partial charge in [-0.2, -0.15) is 5.26 Å². The number of anilines is 2. The largest absolute Gasteiger partial charge is 0.359 e. The molecule has 2 aromatic carbocycles. The molecule has 25 heavy (non-hydrogen) atoms. The van der Waals surface area contributed by atoms with Crippen LogP contribution < -0.4 is 10.6 Å². The summed E-state index contributed by atoms with van der Waals surface area (Å²) in [7, 11) is 0. The summed E-state index contributed by atoms with van der Waals surface area (Å²) in [5, 5.41) is 15.6. The molecule has 2 N–H and O–H groups in total. The summed E-state index contributed by atoms with van der Waals surface area (Å²) in [5.74, 6) is -0.254. The predicted molar refractivity (Wildman–Crippen MR) is 103 cm³/mol. The summed E-state index contributed by atoms with van der Waals surface area (Å²) in [5.41, 5.74) is 2.12. The molecule has 0 aliphatic carbocycles. The Labute approximate surface area is 157 Å². The molecule has 0 heterocycles. The number of hydrogen-bond acceptors (Lipinski definition) is 3. The monoisotopic (exact) mass is 373 g/mol. The van der Waals surface area contributed by atoms with Crippen LogP contribution in [-0.2, 0) is 4.79 Å². The van der Waals surface area contributed by atoms with Gasteiger partial charge in [0.05, 0.1) is 15.7 Å². The van der Waals surface area contributed by atoms with E-state index in [0.717, 1.165) is 5.56 Å². The van der Waals surface area contributed by atoms with Crippen molar-refractivity contribution in [2.24, 2.45) is 0 Å². The van der Waals surface area contributed by atoms with E-state index in [9.17, 15) is 10.1 Å². The van der Waals surface area contributed by atoms with Crippen LogP contribution in [0.1, 0.15) is 25.3 Å². The van der Waals surface area contributed by atoms with Crippen molar-refractivity contribution >= 4 is 40.5 Å². The lowest BCUT2D eigenvalue weighted by molar-refractivity contribution is -0.112. The smallest absolute Gasteiger partial charge is 0.267 e. The maximum absolute atomic E-state index is 12.4. The zero-order valence-corrected chi connectivity index (χ0v) is 15.3. The standard InChI is InChI=1S/C19H17Cl2N3O/c1-12(2)14-6-3-4-8-16(14)24-19(25)13(10-22)11-23-17-9-5-7-15(20)18(17)21/h3-9,11-12,23H,1-2H3,(H,24,25)/b13-11-. The van der Waals surface area contributed by atoms with Crippen LogP contribution in [0.4, 0.5) is 11.4 Å². The molecule has 2 rings (SSSR count). The van der Waals surface area contributed by atoms with Crippen molar-refractivity contribution < 1.29 is 4.79 Å². The van der Waals surface area contributed by atoms with Gasteiger partial charge in [0.15, 0.2) is 0 Å². The summed E-state index contributed by atoms with van der Waals surface area (Å²) in [6.07, 6.45) is 1.31. The van der Waals surface area contributed by atoms with Crippen LogP contribution in [0.3, 0.4) is 0 Å². The third kappa shape index (κ3) is 4.76. The first kappa shape index (κ1) is 18.9. The second-order valence-electron chi connectivity index (χ2n) is 5.61. The summed E-state index contributed by atoms with van der Waals surface area (Å²) in [6, 6.07) is 14.5. The molecule has 0 aliphatic rings. The predicted octanol–water partition coefficient (Wildman–Crippen LogP) is 5.57. The first-order valence-corrected chi connectivity index (χ1v) is 8.40. The van der Waals surface area contributed by atoms with Gasteiger partial charge < -0.3 is 10.6 Å². The highest BCUT2D eigenvalue weighted by atomic mass is 35.5. The molecule has 4 nitrogen and oxygen atoms in total. The van der Waals surface area contributed by atoms with Gasteiger partial charge in [-0.3, -0.25) is 4.79 Å². The fraction of sp³-hybridized carbons (Fsp3) is 0.158. The third-order valence-corrected chi connectivity index (χ3v) is 4.34. The second-order valence-corrected chi connectivity index (χ2v) is 6.40. The number of hydrogen-bond donors (Lipinski definition) is 2. The molecule has 0 bridgehead atoms. The Hall–Kier alpha value is -2.48. The number of benzene rings is 2. The number of nitrogens with one attached hydrogen (secondary N) is 2. The molecule has 128 valence electrons. The fourth-order valence-corrected chi connectivity index (χ4v) is 2.57. The van der Waals surface area contributed by atoms with E-state index in [1.54, 1.807) is 18.2 Å². The molecule has 0 aliphatic heterocycles. The van der Waals surface area contributed by atoms with E-state index >= 15 is 0 Å². The van der Waals surface area contributed by atoms with Gasteiger partial charge in [0, 0.05) is 11.9 Å². The molecule has 0 spiro atoms. The van der Waals surface area contributed by atoms with Gasteiger partial charge >= 0.3 is 0 Å². The molecule has 0 saturated heterocycles. The topological polar surface area (TPSA) is 64.9 Å². The molecule has 0 unspecified atom stereocenters. The van der Waals surface area contributed by atoms with Gasteiger partial charge in [0.1, 0.15) is 11.6 Å². The Morgan fingerprint density at radius 1 is 1.12 bits per heavy atom. The SMILES string of the molecule is CC(C)c1ccccc1NC(=O)/C(C#N)=C\Nc1cccc(Cl)c1Cl. The van der Waals surface area contributed by atoms with Gasteiger partial charge in [-0.1, -0.05) is 61.3 Å². The number of carbonyl (C=O) groups is 1. The number of rotatable bonds is 5. The van der Waals surface area contributed by atoms with Gasteiger partial charge in [0.25, 0.3) is 5.91 Å². The molecule has 0 saturated carbocycles. The number of nitrogens with zero attached hydrogens (tertiary/aromatic N) is 1. The molecular formula is C19H17Cl2N3O. The summed E-state index contributed by atoms with van der Waals surface area (Å²) in [6.45, 7) is 4.07. The Balaban J connectivity index is 2.19. The Morgan fingerprint density at radius 2 is 1.80 bits per heavy atom. The Kier molecular flexibility index (Phi) is 6.46. The van der Waals surface area contributed by atoms with E-state index in [4.69, 9.17) is 23.2 Å². The van der Waals surface area contributed by atoms with Crippen molar-refractivity contribution in [2.75, 3.05) is 10.6 Å². The lowest BCUT2D eigenvalue weighted by Crippen LogP contribution is -2.16. The van der Waals surface area contributed by atoms with Crippen LogP contribution >= 0.6 is 23.2 Å². The highest BCUT2D eigenvalue weighted by Crippen LogP contribution is 2.29. The third-order valence-electron chi connectivity index (χ3n) is 3.52. The Morgan fingerprint density at radius 3 is 2.48 bits per heavy atom. The van der Waals surface area contributed by atoms with E-state index in [-0.39, 0.29) is 11.5 Å².